The summed E-state index contributed by atoms with van der Waals surface area (Å²) in [5.41, 5.74) is -0.464. The molecule has 0 saturated heterocycles. The molecule has 0 bridgehead atoms. The number of rotatable bonds is 5. The molecule has 1 unspecified atom stereocenters. The van der Waals surface area contributed by atoms with E-state index in [0.29, 0.717) is 11.4 Å². The van der Waals surface area contributed by atoms with Crippen molar-refractivity contribution >= 4 is 46.7 Å². The molecule has 38 heavy (non-hydrogen) atoms. The van der Waals surface area contributed by atoms with Gasteiger partial charge in [-0.1, -0.05) is 59.7 Å². The summed E-state index contributed by atoms with van der Waals surface area (Å²) in [6, 6.07) is 10.6. The number of carbonyl (C=O) groups excluding carboxylic acids is 4. The van der Waals surface area contributed by atoms with E-state index in [2.05, 4.69) is 10.6 Å². The Morgan fingerprint density at radius 2 is 1.55 bits per heavy atom. The lowest BCUT2D eigenvalue weighted by molar-refractivity contribution is -0.128. The number of aromatic carboxylic acids is 1. The van der Waals surface area contributed by atoms with Crippen LogP contribution in [0, 0.1) is 10.8 Å². The number of nitrogens with zero attached hydrogens (tertiary/aromatic N) is 2. The smallest absolute Gasteiger partial charge is 0.335 e. The molecule has 3 rings (SSSR count). The first kappa shape index (κ1) is 28.4. The molecule has 2 aromatic rings. The summed E-state index contributed by atoms with van der Waals surface area (Å²) in [6.07, 6.45) is 0. The molecule has 1 aliphatic heterocycles. The van der Waals surface area contributed by atoms with Crippen molar-refractivity contribution in [1.29, 1.82) is 0 Å². The van der Waals surface area contributed by atoms with Crippen LogP contribution in [0.15, 0.2) is 48.5 Å². The minimum Gasteiger partial charge on any atom is -0.478 e. The average Bonchev–Trinajstić information content (AvgIpc) is 2.93. The van der Waals surface area contributed by atoms with E-state index in [1.54, 1.807) is 65.8 Å². The number of ketones is 1. The number of para-hydroxylation sites is 2. The van der Waals surface area contributed by atoms with E-state index in [1.807, 2.05) is 0 Å². The zero-order valence-corrected chi connectivity index (χ0v) is 22.5. The molecule has 1 heterocycles. The lowest BCUT2D eigenvalue weighted by Crippen LogP contribution is -2.55. The Labute approximate surface area is 222 Å². The molecule has 0 saturated carbocycles. The molecular formula is C28H34N4O6. The van der Waals surface area contributed by atoms with Crippen LogP contribution in [-0.2, 0) is 14.4 Å². The Morgan fingerprint density at radius 3 is 2.13 bits per heavy atom. The van der Waals surface area contributed by atoms with Crippen molar-refractivity contribution in [3.63, 3.8) is 0 Å². The monoisotopic (exact) mass is 522 g/mol. The highest BCUT2D eigenvalue weighted by Crippen LogP contribution is 2.36. The minimum absolute atomic E-state index is 0.0161. The third-order valence-electron chi connectivity index (χ3n) is 6.09. The van der Waals surface area contributed by atoms with Crippen LogP contribution in [0.25, 0.3) is 0 Å². The van der Waals surface area contributed by atoms with Crippen molar-refractivity contribution in [3.05, 3.63) is 54.1 Å². The van der Waals surface area contributed by atoms with Crippen LogP contribution in [-0.4, -0.2) is 53.8 Å². The first-order valence-corrected chi connectivity index (χ1v) is 12.3. The Hall–Kier alpha value is -4.21. The van der Waals surface area contributed by atoms with E-state index in [9.17, 15) is 29.1 Å². The van der Waals surface area contributed by atoms with Gasteiger partial charge in [0.2, 0.25) is 5.91 Å². The molecule has 0 radical (unpaired) electrons. The largest absolute Gasteiger partial charge is 0.478 e. The number of carboxylic acids is 1. The quantitative estimate of drug-likeness (QED) is 0.545. The van der Waals surface area contributed by atoms with Crippen molar-refractivity contribution in [2.24, 2.45) is 10.8 Å². The van der Waals surface area contributed by atoms with Crippen molar-refractivity contribution < 1.29 is 29.1 Å². The van der Waals surface area contributed by atoms with Gasteiger partial charge in [-0.15, -0.1) is 0 Å². The van der Waals surface area contributed by atoms with Gasteiger partial charge in [0.05, 0.1) is 30.0 Å². The van der Waals surface area contributed by atoms with Crippen LogP contribution in [0.4, 0.5) is 21.9 Å². The SMILES string of the molecule is CC(C)(C)C(=O)CN1C(=O)C(NC(=O)Nc2cccc(C(=O)O)c2)CN(C(=O)C(C)(C)C)c2ccccc21. The van der Waals surface area contributed by atoms with Crippen LogP contribution < -0.4 is 20.4 Å². The van der Waals surface area contributed by atoms with Crippen LogP contribution >= 0.6 is 0 Å². The Bertz CT molecular complexity index is 1270. The van der Waals surface area contributed by atoms with Crippen LogP contribution in [0.3, 0.4) is 0 Å². The first-order chi connectivity index (χ1) is 17.6. The fourth-order valence-corrected chi connectivity index (χ4v) is 3.89. The van der Waals surface area contributed by atoms with E-state index in [-0.39, 0.29) is 36.0 Å². The molecule has 3 N–H and O–H groups in total. The van der Waals surface area contributed by atoms with Gasteiger partial charge in [0.15, 0.2) is 5.78 Å². The standard InChI is InChI=1S/C28H34N4O6/c1-27(2,3)22(33)16-31-20-12-7-8-13-21(20)32(25(37)28(4,5)6)15-19(23(31)34)30-26(38)29-18-11-9-10-17(14-18)24(35)36/h7-14,19H,15-16H2,1-6H3,(H,35,36)(H2,29,30,38). The topological polar surface area (TPSA) is 136 Å². The zero-order valence-electron chi connectivity index (χ0n) is 22.5. The van der Waals surface area contributed by atoms with Crippen LogP contribution in [0.2, 0.25) is 0 Å². The molecule has 10 nitrogen and oxygen atoms in total. The Morgan fingerprint density at radius 1 is 0.921 bits per heavy atom. The summed E-state index contributed by atoms with van der Waals surface area (Å²) < 4.78 is 0. The number of carbonyl (C=O) groups is 5. The summed E-state index contributed by atoms with van der Waals surface area (Å²) in [7, 11) is 0. The van der Waals surface area contributed by atoms with Crippen molar-refractivity contribution in [2.75, 3.05) is 28.2 Å². The summed E-state index contributed by atoms with van der Waals surface area (Å²) >= 11 is 0. The maximum Gasteiger partial charge on any atom is 0.335 e. The summed E-state index contributed by atoms with van der Waals surface area (Å²) in [5.74, 6) is -2.15. The van der Waals surface area contributed by atoms with E-state index < -0.39 is 34.8 Å². The fraction of sp³-hybridized carbons (Fsp3) is 0.393. The number of urea groups is 1. The summed E-state index contributed by atoms with van der Waals surface area (Å²) in [6.45, 7) is 10.2. The van der Waals surface area contributed by atoms with E-state index in [0.717, 1.165) is 0 Å². The second-order valence-electron chi connectivity index (χ2n) is 11.3. The third kappa shape index (κ3) is 6.37. The number of Topliss-reactive ketones (excluding diaryl/α,β-unsaturated/α-hetero) is 1. The van der Waals surface area contributed by atoms with Gasteiger partial charge in [-0.25, -0.2) is 9.59 Å². The molecule has 0 aromatic heterocycles. The number of fused-ring (bicyclic) bond motifs is 1. The van der Waals surface area contributed by atoms with Gasteiger partial charge in [0, 0.05) is 16.5 Å². The Balaban J connectivity index is 2.00. The maximum atomic E-state index is 13.8. The van der Waals surface area contributed by atoms with E-state index >= 15 is 0 Å². The van der Waals surface area contributed by atoms with Crippen molar-refractivity contribution in [2.45, 2.75) is 47.6 Å². The van der Waals surface area contributed by atoms with Gasteiger partial charge in [-0.05, 0) is 30.3 Å². The predicted octanol–water partition coefficient (Wildman–Crippen LogP) is 3.92. The average molecular weight is 523 g/mol. The normalized spacial score (nSPS) is 15.8. The van der Waals surface area contributed by atoms with Crippen molar-refractivity contribution in [3.8, 4) is 0 Å². The lowest BCUT2D eigenvalue weighted by atomic mass is 9.90. The summed E-state index contributed by atoms with van der Waals surface area (Å²) in [4.78, 5) is 67.3. The third-order valence-corrected chi connectivity index (χ3v) is 6.09. The van der Waals surface area contributed by atoms with E-state index in [1.165, 1.54) is 34.1 Å². The molecule has 1 atom stereocenters. The lowest BCUT2D eigenvalue weighted by Gasteiger charge is -2.31. The molecule has 4 amide bonds. The number of carboxylic acid groups (broad SMARTS) is 1. The highest BCUT2D eigenvalue weighted by molar-refractivity contribution is 6.11. The Kier molecular flexibility index (Phi) is 7.95. The van der Waals surface area contributed by atoms with E-state index in [4.69, 9.17) is 0 Å². The molecule has 0 aliphatic carbocycles. The molecule has 1 aliphatic rings. The fourth-order valence-electron chi connectivity index (χ4n) is 3.89. The number of benzene rings is 2. The van der Waals surface area contributed by atoms with Crippen molar-refractivity contribution in [1.82, 2.24) is 5.32 Å². The second-order valence-corrected chi connectivity index (χ2v) is 11.3. The van der Waals surface area contributed by atoms with Gasteiger partial charge in [0.25, 0.3) is 5.91 Å². The van der Waals surface area contributed by atoms with Gasteiger partial charge in [-0.2, -0.15) is 0 Å². The molecular weight excluding hydrogens is 488 g/mol. The predicted molar refractivity (Wildman–Crippen MR) is 144 cm³/mol. The highest BCUT2D eigenvalue weighted by Gasteiger charge is 2.40. The van der Waals surface area contributed by atoms with Gasteiger partial charge in [0.1, 0.15) is 6.04 Å². The molecule has 0 spiro atoms. The number of amides is 4. The number of hydrogen-bond acceptors (Lipinski definition) is 5. The first-order valence-electron chi connectivity index (χ1n) is 12.3. The summed E-state index contributed by atoms with van der Waals surface area (Å²) in [5, 5.41) is 14.4. The molecule has 2 aromatic carbocycles. The number of anilines is 3. The number of nitrogens with one attached hydrogen (secondary N) is 2. The number of hydrogen-bond donors (Lipinski definition) is 3. The highest BCUT2D eigenvalue weighted by atomic mass is 16.4. The second kappa shape index (κ2) is 10.6. The molecule has 0 fully saturated rings. The minimum atomic E-state index is -1.19. The molecule has 10 heteroatoms. The zero-order chi connectivity index (χ0) is 28.4. The van der Waals surface area contributed by atoms with Gasteiger partial charge >= 0.3 is 12.0 Å². The maximum absolute atomic E-state index is 13.8. The molecule has 202 valence electrons. The van der Waals surface area contributed by atoms with Crippen LogP contribution in [0.5, 0.6) is 0 Å². The van der Waals surface area contributed by atoms with Crippen LogP contribution in [0.1, 0.15) is 51.9 Å². The van der Waals surface area contributed by atoms with Gasteiger partial charge < -0.3 is 25.5 Å². The van der Waals surface area contributed by atoms with Gasteiger partial charge in [-0.3, -0.25) is 14.4 Å².